The molecule has 1 aliphatic heterocycles. The molecule has 1 N–H and O–H groups in total. The Bertz CT molecular complexity index is 476. The standard InChI is InChI=1S/C12H22N2O5S/c1-4-20(18,19)13(3)8-11(15)14-7-10(12(16)17)6-5-9(14)2/h9-10H,4-8H2,1-3H3,(H,16,17). The smallest absolute Gasteiger partial charge is 0.308 e. The molecule has 0 aromatic carbocycles. The van der Waals surface area contributed by atoms with Crippen molar-refractivity contribution in [1.29, 1.82) is 0 Å². The summed E-state index contributed by atoms with van der Waals surface area (Å²) in [5.41, 5.74) is 0. The fourth-order valence-corrected chi connectivity index (χ4v) is 3.00. The van der Waals surface area contributed by atoms with Gasteiger partial charge in [-0.15, -0.1) is 0 Å². The summed E-state index contributed by atoms with van der Waals surface area (Å²) in [4.78, 5) is 24.7. The Hall–Kier alpha value is -1.15. The summed E-state index contributed by atoms with van der Waals surface area (Å²) in [5.74, 6) is -1.89. The Labute approximate surface area is 119 Å². The number of piperidine rings is 1. The molecule has 0 aromatic heterocycles. The lowest BCUT2D eigenvalue weighted by molar-refractivity contribution is -0.147. The Balaban J connectivity index is 2.72. The predicted molar refractivity (Wildman–Crippen MR) is 73.6 cm³/mol. The van der Waals surface area contributed by atoms with Crippen LogP contribution in [0.25, 0.3) is 0 Å². The van der Waals surface area contributed by atoms with E-state index in [1.807, 2.05) is 6.92 Å². The lowest BCUT2D eigenvalue weighted by Crippen LogP contribution is -2.50. The Morgan fingerprint density at radius 1 is 1.35 bits per heavy atom. The second kappa shape index (κ2) is 6.53. The van der Waals surface area contributed by atoms with Crippen molar-refractivity contribution in [3.05, 3.63) is 0 Å². The summed E-state index contributed by atoms with van der Waals surface area (Å²) in [7, 11) is -2.05. The zero-order valence-electron chi connectivity index (χ0n) is 12.1. The van der Waals surface area contributed by atoms with Gasteiger partial charge in [0.25, 0.3) is 0 Å². The van der Waals surface area contributed by atoms with E-state index >= 15 is 0 Å². The number of carboxylic acids is 1. The molecule has 0 spiro atoms. The first kappa shape index (κ1) is 16.9. The third-order valence-electron chi connectivity index (χ3n) is 3.75. The van der Waals surface area contributed by atoms with Crippen molar-refractivity contribution in [2.75, 3.05) is 25.9 Å². The van der Waals surface area contributed by atoms with Crippen LogP contribution < -0.4 is 0 Å². The summed E-state index contributed by atoms with van der Waals surface area (Å²) in [6.45, 7) is 3.27. The highest BCUT2D eigenvalue weighted by atomic mass is 32.2. The highest BCUT2D eigenvalue weighted by Crippen LogP contribution is 2.22. The maximum absolute atomic E-state index is 12.2. The average molecular weight is 306 g/mol. The molecular formula is C12H22N2O5S. The second-order valence-electron chi connectivity index (χ2n) is 5.16. The van der Waals surface area contributed by atoms with E-state index in [1.54, 1.807) is 0 Å². The number of carboxylic acid groups (broad SMARTS) is 1. The third-order valence-corrected chi connectivity index (χ3v) is 5.56. The van der Waals surface area contributed by atoms with Gasteiger partial charge in [-0.3, -0.25) is 9.59 Å². The van der Waals surface area contributed by atoms with Gasteiger partial charge in [-0.2, -0.15) is 4.31 Å². The summed E-state index contributed by atoms with van der Waals surface area (Å²) in [6.07, 6.45) is 1.16. The first-order valence-electron chi connectivity index (χ1n) is 6.65. The van der Waals surface area contributed by atoms with Crippen LogP contribution in [0.15, 0.2) is 0 Å². The Morgan fingerprint density at radius 3 is 2.45 bits per heavy atom. The molecule has 0 saturated carbocycles. The zero-order chi connectivity index (χ0) is 15.5. The van der Waals surface area contributed by atoms with Gasteiger partial charge >= 0.3 is 5.97 Å². The molecule has 1 heterocycles. The van der Waals surface area contributed by atoms with E-state index in [2.05, 4.69) is 0 Å². The number of amides is 1. The predicted octanol–water partition coefficient (Wildman–Crippen LogP) is -0.0204. The van der Waals surface area contributed by atoms with Crippen LogP contribution in [-0.4, -0.2) is 66.5 Å². The molecule has 1 fully saturated rings. The van der Waals surface area contributed by atoms with Gasteiger partial charge in [0.2, 0.25) is 15.9 Å². The van der Waals surface area contributed by atoms with Gasteiger partial charge in [0.1, 0.15) is 0 Å². The molecule has 20 heavy (non-hydrogen) atoms. The molecule has 1 aliphatic rings. The molecule has 116 valence electrons. The van der Waals surface area contributed by atoms with Crippen molar-refractivity contribution < 1.29 is 23.1 Å². The monoisotopic (exact) mass is 306 g/mol. The highest BCUT2D eigenvalue weighted by molar-refractivity contribution is 7.89. The number of nitrogens with zero attached hydrogens (tertiary/aromatic N) is 2. The van der Waals surface area contributed by atoms with Crippen molar-refractivity contribution in [3.63, 3.8) is 0 Å². The normalized spacial score (nSPS) is 23.9. The van der Waals surface area contributed by atoms with E-state index in [1.165, 1.54) is 18.9 Å². The first-order valence-corrected chi connectivity index (χ1v) is 8.26. The summed E-state index contributed by atoms with van der Waals surface area (Å²) < 4.78 is 24.3. The summed E-state index contributed by atoms with van der Waals surface area (Å²) in [5, 5.41) is 9.03. The van der Waals surface area contributed by atoms with Crippen LogP contribution >= 0.6 is 0 Å². The summed E-state index contributed by atoms with van der Waals surface area (Å²) in [6, 6.07) is -0.0594. The van der Waals surface area contributed by atoms with E-state index in [-0.39, 0.29) is 30.8 Å². The van der Waals surface area contributed by atoms with Crippen LogP contribution in [0.4, 0.5) is 0 Å². The van der Waals surface area contributed by atoms with Crippen LogP contribution in [0.3, 0.4) is 0 Å². The number of carbonyl (C=O) groups is 2. The largest absolute Gasteiger partial charge is 0.481 e. The van der Waals surface area contributed by atoms with E-state index in [9.17, 15) is 18.0 Å². The molecule has 7 nitrogen and oxygen atoms in total. The molecular weight excluding hydrogens is 284 g/mol. The molecule has 1 rings (SSSR count). The minimum Gasteiger partial charge on any atom is -0.481 e. The maximum atomic E-state index is 12.2. The van der Waals surface area contributed by atoms with Gasteiger partial charge in [-0.05, 0) is 26.7 Å². The first-order chi connectivity index (χ1) is 9.19. The Kier molecular flexibility index (Phi) is 5.52. The van der Waals surface area contributed by atoms with Gasteiger partial charge < -0.3 is 10.0 Å². The number of aliphatic carboxylic acids is 1. The minimum absolute atomic E-state index is 0.0594. The zero-order valence-corrected chi connectivity index (χ0v) is 12.9. The van der Waals surface area contributed by atoms with E-state index < -0.39 is 21.9 Å². The average Bonchev–Trinajstić information content (AvgIpc) is 2.38. The number of likely N-dealkylation sites (tertiary alicyclic amines) is 1. The van der Waals surface area contributed by atoms with Crippen molar-refractivity contribution in [2.45, 2.75) is 32.7 Å². The van der Waals surface area contributed by atoms with Crippen molar-refractivity contribution in [1.82, 2.24) is 9.21 Å². The van der Waals surface area contributed by atoms with Crippen LogP contribution in [-0.2, 0) is 19.6 Å². The van der Waals surface area contributed by atoms with Gasteiger partial charge in [0.15, 0.2) is 0 Å². The second-order valence-corrected chi connectivity index (χ2v) is 7.53. The SMILES string of the molecule is CCS(=O)(=O)N(C)CC(=O)N1CC(C(=O)O)CCC1C. The van der Waals surface area contributed by atoms with E-state index in [4.69, 9.17) is 5.11 Å². The quantitative estimate of drug-likeness (QED) is 0.770. The van der Waals surface area contributed by atoms with E-state index in [0.29, 0.717) is 12.8 Å². The van der Waals surface area contributed by atoms with Gasteiger partial charge in [0.05, 0.1) is 18.2 Å². The van der Waals surface area contributed by atoms with Gasteiger partial charge in [0, 0.05) is 19.6 Å². The molecule has 0 aliphatic carbocycles. The Morgan fingerprint density at radius 2 is 1.95 bits per heavy atom. The third kappa shape index (κ3) is 3.92. The maximum Gasteiger partial charge on any atom is 0.308 e. The molecule has 8 heteroatoms. The fraction of sp³-hybridized carbons (Fsp3) is 0.833. The van der Waals surface area contributed by atoms with Crippen molar-refractivity contribution in [2.24, 2.45) is 5.92 Å². The molecule has 0 aromatic rings. The van der Waals surface area contributed by atoms with E-state index in [0.717, 1.165) is 4.31 Å². The molecule has 2 unspecified atom stereocenters. The number of rotatable bonds is 5. The molecule has 0 radical (unpaired) electrons. The number of hydrogen-bond acceptors (Lipinski definition) is 4. The molecule has 0 bridgehead atoms. The minimum atomic E-state index is -3.41. The lowest BCUT2D eigenvalue weighted by Gasteiger charge is -2.37. The molecule has 1 saturated heterocycles. The van der Waals surface area contributed by atoms with Crippen molar-refractivity contribution in [3.8, 4) is 0 Å². The highest BCUT2D eigenvalue weighted by Gasteiger charge is 2.33. The molecule has 1 amide bonds. The number of carbonyl (C=O) groups excluding carboxylic acids is 1. The van der Waals surface area contributed by atoms with Crippen LogP contribution in [0, 0.1) is 5.92 Å². The number of hydrogen-bond donors (Lipinski definition) is 1. The summed E-state index contributed by atoms with van der Waals surface area (Å²) >= 11 is 0. The van der Waals surface area contributed by atoms with Crippen molar-refractivity contribution >= 4 is 21.9 Å². The van der Waals surface area contributed by atoms with Gasteiger partial charge in [-0.25, -0.2) is 8.42 Å². The van der Waals surface area contributed by atoms with Crippen LogP contribution in [0.1, 0.15) is 26.7 Å². The van der Waals surface area contributed by atoms with Crippen LogP contribution in [0.2, 0.25) is 0 Å². The fourth-order valence-electron chi connectivity index (χ4n) is 2.26. The topological polar surface area (TPSA) is 95.0 Å². The molecule has 2 atom stereocenters. The van der Waals surface area contributed by atoms with Gasteiger partial charge in [-0.1, -0.05) is 0 Å². The number of likely N-dealkylation sites (N-methyl/N-ethyl adjacent to an activating group) is 1. The lowest BCUT2D eigenvalue weighted by atomic mass is 9.93. The number of sulfonamides is 1. The van der Waals surface area contributed by atoms with Crippen LogP contribution in [0.5, 0.6) is 0 Å².